The van der Waals surface area contributed by atoms with Crippen LogP contribution in [0.3, 0.4) is 0 Å². The predicted octanol–water partition coefficient (Wildman–Crippen LogP) is 3.81. The maximum atomic E-state index is 5.23. The van der Waals surface area contributed by atoms with Gasteiger partial charge >= 0.3 is 0 Å². The van der Waals surface area contributed by atoms with Gasteiger partial charge in [0.1, 0.15) is 11.4 Å². The van der Waals surface area contributed by atoms with Crippen molar-refractivity contribution < 1.29 is 4.74 Å². The lowest BCUT2D eigenvalue weighted by molar-refractivity contribution is 0.324. The molecule has 4 nitrogen and oxygen atoms in total. The van der Waals surface area contributed by atoms with Gasteiger partial charge in [0.05, 0.1) is 12.8 Å². The zero-order valence-electron chi connectivity index (χ0n) is 14.1. The van der Waals surface area contributed by atoms with E-state index in [1.165, 1.54) is 31.3 Å². The number of pyridine rings is 1. The third-order valence-corrected chi connectivity index (χ3v) is 4.85. The van der Waals surface area contributed by atoms with Crippen molar-refractivity contribution in [1.29, 1.82) is 0 Å². The molecule has 1 aliphatic rings. The molecular weight excluding hydrogens is 298 g/mol. The summed E-state index contributed by atoms with van der Waals surface area (Å²) in [4.78, 5) is 7.45. The van der Waals surface area contributed by atoms with Gasteiger partial charge in [-0.2, -0.15) is 0 Å². The van der Waals surface area contributed by atoms with Crippen molar-refractivity contribution in [3.05, 3.63) is 48.7 Å². The summed E-state index contributed by atoms with van der Waals surface area (Å²) in [6.45, 7) is 4.59. The Hall–Kier alpha value is -2.33. The van der Waals surface area contributed by atoms with E-state index >= 15 is 0 Å². The van der Waals surface area contributed by atoms with E-state index in [0.29, 0.717) is 0 Å². The number of ether oxygens (including phenoxy) is 1. The first-order chi connectivity index (χ1) is 11.8. The van der Waals surface area contributed by atoms with Crippen LogP contribution < -0.4 is 4.74 Å². The van der Waals surface area contributed by atoms with Crippen LogP contribution in [0, 0.1) is 0 Å². The number of rotatable bonds is 5. The maximum Gasteiger partial charge on any atom is 0.140 e. The molecule has 1 aliphatic heterocycles. The van der Waals surface area contributed by atoms with Crippen LogP contribution in [0.25, 0.3) is 22.3 Å². The molecule has 2 aromatic heterocycles. The molecule has 1 saturated heterocycles. The highest BCUT2D eigenvalue weighted by molar-refractivity contribution is 5.79. The Morgan fingerprint density at radius 1 is 0.958 bits per heavy atom. The van der Waals surface area contributed by atoms with Gasteiger partial charge in [-0.25, -0.2) is 4.98 Å². The number of benzene rings is 1. The van der Waals surface area contributed by atoms with Gasteiger partial charge in [0.15, 0.2) is 0 Å². The third-order valence-electron chi connectivity index (χ3n) is 4.85. The quantitative estimate of drug-likeness (QED) is 0.716. The van der Waals surface area contributed by atoms with E-state index in [2.05, 4.69) is 46.0 Å². The first-order valence-electron chi connectivity index (χ1n) is 8.66. The minimum Gasteiger partial charge on any atom is -0.497 e. The van der Waals surface area contributed by atoms with E-state index in [1.54, 1.807) is 7.11 Å². The van der Waals surface area contributed by atoms with E-state index in [1.807, 2.05) is 12.1 Å². The number of likely N-dealkylation sites (tertiary alicyclic amines) is 1. The monoisotopic (exact) mass is 321 g/mol. The Morgan fingerprint density at radius 2 is 1.75 bits per heavy atom. The summed E-state index contributed by atoms with van der Waals surface area (Å²) >= 11 is 0. The predicted molar refractivity (Wildman–Crippen MR) is 97.4 cm³/mol. The lowest BCUT2D eigenvalue weighted by Crippen LogP contribution is -2.23. The average Bonchev–Trinajstić information content (AvgIpc) is 3.29. The van der Waals surface area contributed by atoms with Crippen molar-refractivity contribution >= 4 is 11.0 Å². The number of nitrogens with zero attached hydrogens (tertiary/aromatic N) is 3. The lowest BCUT2D eigenvalue weighted by atomic mass is 10.1. The van der Waals surface area contributed by atoms with Crippen LogP contribution in [0.15, 0.2) is 48.7 Å². The minimum atomic E-state index is 0.869. The molecule has 0 spiro atoms. The second kappa shape index (κ2) is 6.65. The number of fused-ring (bicyclic) bond motifs is 1. The SMILES string of the molecule is COc1ccc(-c2ccc3ccn(CCN4CCCC4)c3n2)cc1. The summed E-state index contributed by atoms with van der Waals surface area (Å²) in [6, 6.07) is 14.5. The molecule has 1 aromatic carbocycles. The Morgan fingerprint density at radius 3 is 2.50 bits per heavy atom. The summed E-state index contributed by atoms with van der Waals surface area (Å²) in [7, 11) is 1.69. The molecule has 4 heteroatoms. The molecule has 3 heterocycles. The number of methoxy groups -OCH3 is 1. The minimum absolute atomic E-state index is 0.869. The Labute approximate surface area is 142 Å². The fourth-order valence-electron chi connectivity index (χ4n) is 3.42. The van der Waals surface area contributed by atoms with E-state index in [9.17, 15) is 0 Å². The highest BCUT2D eigenvalue weighted by Gasteiger charge is 2.12. The van der Waals surface area contributed by atoms with Gasteiger partial charge in [0.2, 0.25) is 0 Å². The molecule has 124 valence electrons. The summed E-state index contributed by atoms with van der Waals surface area (Å²) in [5.41, 5.74) is 3.19. The average molecular weight is 321 g/mol. The van der Waals surface area contributed by atoms with Gasteiger partial charge in [-0.1, -0.05) is 0 Å². The van der Waals surface area contributed by atoms with Crippen molar-refractivity contribution in [2.75, 3.05) is 26.7 Å². The van der Waals surface area contributed by atoms with Gasteiger partial charge < -0.3 is 14.2 Å². The topological polar surface area (TPSA) is 30.3 Å². The van der Waals surface area contributed by atoms with Crippen LogP contribution in [0.5, 0.6) is 5.75 Å². The third kappa shape index (κ3) is 3.02. The van der Waals surface area contributed by atoms with Crippen LogP contribution in [-0.4, -0.2) is 41.2 Å². The zero-order chi connectivity index (χ0) is 16.4. The van der Waals surface area contributed by atoms with Crippen LogP contribution in [0.1, 0.15) is 12.8 Å². The first kappa shape index (κ1) is 15.2. The molecule has 1 fully saturated rings. The van der Waals surface area contributed by atoms with Crippen molar-refractivity contribution in [1.82, 2.24) is 14.5 Å². The summed E-state index contributed by atoms with van der Waals surface area (Å²) < 4.78 is 7.51. The second-order valence-corrected chi connectivity index (χ2v) is 6.40. The van der Waals surface area contributed by atoms with Crippen molar-refractivity contribution in [3.8, 4) is 17.0 Å². The van der Waals surface area contributed by atoms with Crippen molar-refractivity contribution in [2.45, 2.75) is 19.4 Å². The normalized spacial score (nSPS) is 15.2. The van der Waals surface area contributed by atoms with Gasteiger partial charge in [-0.3, -0.25) is 0 Å². The van der Waals surface area contributed by atoms with E-state index in [4.69, 9.17) is 9.72 Å². The number of hydrogen-bond acceptors (Lipinski definition) is 3. The Kier molecular flexibility index (Phi) is 4.22. The van der Waals surface area contributed by atoms with Crippen LogP contribution in [-0.2, 0) is 6.54 Å². The highest BCUT2D eigenvalue weighted by atomic mass is 16.5. The number of hydrogen-bond donors (Lipinski definition) is 0. The molecule has 0 saturated carbocycles. The number of aromatic nitrogens is 2. The van der Waals surface area contributed by atoms with E-state index in [0.717, 1.165) is 35.7 Å². The molecule has 3 aromatic rings. The van der Waals surface area contributed by atoms with Crippen LogP contribution in [0.4, 0.5) is 0 Å². The fourth-order valence-corrected chi connectivity index (χ4v) is 3.42. The van der Waals surface area contributed by atoms with Gasteiger partial charge in [-0.05, 0) is 68.4 Å². The standard InChI is InChI=1S/C20H23N3O/c1-24-18-7-4-16(5-8-18)19-9-6-17-10-13-23(20(17)21-19)15-14-22-11-2-3-12-22/h4-10,13H,2-3,11-12,14-15H2,1H3. The molecule has 0 radical (unpaired) electrons. The van der Waals surface area contributed by atoms with Gasteiger partial charge in [0.25, 0.3) is 0 Å². The molecule has 24 heavy (non-hydrogen) atoms. The fraction of sp³-hybridized carbons (Fsp3) is 0.350. The lowest BCUT2D eigenvalue weighted by Gasteiger charge is -2.15. The van der Waals surface area contributed by atoms with Crippen LogP contribution >= 0.6 is 0 Å². The second-order valence-electron chi connectivity index (χ2n) is 6.40. The van der Waals surface area contributed by atoms with Gasteiger partial charge in [0, 0.05) is 30.2 Å². The van der Waals surface area contributed by atoms with E-state index in [-0.39, 0.29) is 0 Å². The smallest absolute Gasteiger partial charge is 0.140 e. The summed E-state index contributed by atoms with van der Waals surface area (Å²) in [6.07, 6.45) is 4.84. The summed E-state index contributed by atoms with van der Waals surface area (Å²) in [5.74, 6) is 0.869. The molecule has 0 amide bonds. The van der Waals surface area contributed by atoms with Crippen molar-refractivity contribution in [2.24, 2.45) is 0 Å². The first-order valence-corrected chi connectivity index (χ1v) is 8.66. The van der Waals surface area contributed by atoms with Gasteiger partial charge in [-0.15, -0.1) is 0 Å². The molecule has 0 atom stereocenters. The Bertz CT molecular complexity index is 817. The molecule has 0 N–H and O–H groups in total. The molecule has 0 unspecified atom stereocenters. The molecule has 0 bridgehead atoms. The molecule has 4 rings (SSSR count). The molecule has 0 aliphatic carbocycles. The largest absolute Gasteiger partial charge is 0.497 e. The Balaban J connectivity index is 1.59. The zero-order valence-corrected chi connectivity index (χ0v) is 14.1. The molecular formula is C20H23N3O. The highest BCUT2D eigenvalue weighted by Crippen LogP contribution is 2.24. The van der Waals surface area contributed by atoms with Crippen molar-refractivity contribution in [3.63, 3.8) is 0 Å². The summed E-state index contributed by atoms with van der Waals surface area (Å²) in [5, 5.41) is 1.20. The van der Waals surface area contributed by atoms with Crippen LogP contribution in [0.2, 0.25) is 0 Å². The maximum absolute atomic E-state index is 5.23. The van der Waals surface area contributed by atoms with E-state index < -0.39 is 0 Å².